The fourth-order valence-electron chi connectivity index (χ4n) is 1.87. The van der Waals surface area contributed by atoms with E-state index >= 15 is 0 Å². The lowest BCUT2D eigenvalue weighted by atomic mass is 9.98. The molecule has 2 aromatic rings. The van der Waals surface area contributed by atoms with Crippen molar-refractivity contribution in [1.82, 2.24) is 4.98 Å². The topological polar surface area (TPSA) is 33.1 Å². The van der Waals surface area contributed by atoms with Crippen LogP contribution in [0.4, 0.5) is 0 Å². The van der Waals surface area contributed by atoms with Crippen LogP contribution in [0.2, 0.25) is 0 Å². The van der Waals surface area contributed by atoms with Crippen LogP contribution in [0.15, 0.2) is 24.4 Å². The number of nitrogens with zero attached hydrogens (tertiary/aromatic N) is 1. The summed E-state index contributed by atoms with van der Waals surface area (Å²) in [6.45, 7) is 4.17. The minimum Gasteiger partial charge on any atom is -0.386 e. The average molecular weight is 359 g/mol. The molecule has 0 amide bonds. The number of rotatable bonds is 3. The third-order valence-electron chi connectivity index (χ3n) is 2.82. The number of aliphatic hydroxyl groups excluding tert-OH is 1. The minimum atomic E-state index is -0.497. The SMILES string of the molecule is Cc1cccc(C)c1CC(O)c1ncc(I)s1. The van der Waals surface area contributed by atoms with Gasteiger partial charge in [-0.25, -0.2) is 4.98 Å². The zero-order valence-corrected chi connectivity index (χ0v) is 12.7. The van der Waals surface area contributed by atoms with Crippen LogP contribution in [0, 0.1) is 16.7 Å². The first kappa shape index (κ1) is 13.0. The highest BCUT2D eigenvalue weighted by molar-refractivity contribution is 14.1. The molecule has 0 saturated heterocycles. The lowest BCUT2D eigenvalue weighted by Gasteiger charge is -2.12. The van der Waals surface area contributed by atoms with Crippen LogP contribution in [-0.4, -0.2) is 10.1 Å². The third kappa shape index (κ3) is 3.05. The summed E-state index contributed by atoms with van der Waals surface area (Å²) in [7, 11) is 0. The first-order valence-corrected chi connectivity index (χ1v) is 7.32. The number of halogens is 1. The van der Waals surface area contributed by atoms with Gasteiger partial charge in [-0.3, -0.25) is 0 Å². The van der Waals surface area contributed by atoms with Crippen molar-refractivity contribution in [3.8, 4) is 0 Å². The molecule has 0 saturated carbocycles. The molecule has 0 bridgehead atoms. The summed E-state index contributed by atoms with van der Waals surface area (Å²) in [5.74, 6) is 0. The molecule has 2 nitrogen and oxygen atoms in total. The maximum absolute atomic E-state index is 10.2. The van der Waals surface area contributed by atoms with Crippen LogP contribution >= 0.6 is 33.9 Å². The molecule has 0 spiro atoms. The number of hydrogen-bond acceptors (Lipinski definition) is 3. The van der Waals surface area contributed by atoms with Gasteiger partial charge in [0.05, 0.1) is 9.08 Å². The van der Waals surface area contributed by atoms with Crippen LogP contribution in [0.1, 0.15) is 27.8 Å². The Kier molecular flexibility index (Phi) is 4.17. The molecule has 1 N–H and O–H groups in total. The zero-order chi connectivity index (χ0) is 12.4. The number of aryl methyl sites for hydroxylation is 2. The molecule has 0 radical (unpaired) electrons. The van der Waals surface area contributed by atoms with E-state index in [1.165, 1.54) is 16.7 Å². The quantitative estimate of drug-likeness (QED) is 0.849. The number of thiazole rings is 1. The summed E-state index contributed by atoms with van der Waals surface area (Å²) in [6, 6.07) is 6.22. The Balaban J connectivity index is 2.21. The Morgan fingerprint density at radius 1 is 1.35 bits per heavy atom. The standard InChI is InChI=1S/C13H14INOS/c1-8-4-3-5-9(2)10(8)6-11(16)13-15-7-12(14)17-13/h3-5,7,11,16H,6H2,1-2H3. The van der Waals surface area contributed by atoms with Gasteiger partial charge in [0, 0.05) is 6.42 Å². The van der Waals surface area contributed by atoms with E-state index in [9.17, 15) is 5.11 Å². The van der Waals surface area contributed by atoms with Gasteiger partial charge >= 0.3 is 0 Å². The first-order valence-electron chi connectivity index (χ1n) is 5.42. The zero-order valence-electron chi connectivity index (χ0n) is 9.77. The van der Waals surface area contributed by atoms with Crippen LogP contribution in [0.3, 0.4) is 0 Å². The Morgan fingerprint density at radius 3 is 2.53 bits per heavy atom. The summed E-state index contributed by atoms with van der Waals surface area (Å²) in [5.41, 5.74) is 3.69. The van der Waals surface area contributed by atoms with E-state index in [0.29, 0.717) is 6.42 Å². The minimum absolute atomic E-state index is 0.497. The van der Waals surface area contributed by atoms with Crippen molar-refractivity contribution >= 4 is 33.9 Å². The summed E-state index contributed by atoms with van der Waals surface area (Å²) < 4.78 is 1.11. The smallest absolute Gasteiger partial charge is 0.123 e. The Bertz CT molecular complexity index is 504. The van der Waals surface area contributed by atoms with E-state index in [1.54, 1.807) is 17.5 Å². The highest BCUT2D eigenvalue weighted by Crippen LogP contribution is 2.26. The van der Waals surface area contributed by atoms with Gasteiger partial charge in [0.2, 0.25) is 0 Å². The molecule has 2 rings (SSSR count). The molecule has 0 aliphatic rings. The highest BCUT2D eigenvalue weighted by Gasteiger charge is 2.14. The molecule has 1 aromatic heterocycles. The molecule has 0 fully saturated rings. The van der Waals surface area contributed by atoms with Crippen LogP contribution in [-0.2, 0) is 6.42 Å². The average Bonchev–Trinajstić information content (AvgIpc) is 2.70. The molecule has 4 heteroatoms. The fourth-order valence-corrected chi connectivity index (χ4v) is 3.32. The first-order chi connectivity index (χ1) is 8.08. The van der Waals surface area contributed by atoms with E-state index in [1.807, 2.05) is 6.07 Å². The van der Waals surface area contributed by atoms with E-state index in [0.717, 1.165) is 7.89 Å². The van der Waals surface area contributed by atoms with E-state index < -0.39 is 6.10 Å². The van der Waals surface area contributed by atoms with Gasteiger partial charge in [0.25, 0.3) is 0 Å². The number of hydrogen-bond donors (Lipinski definition) is 1. The largest absolute Gasteiger partial charge is 0.386 e. The van der Waals surface area contributed by atoms with Crippen molar-refractivity contribution in [2.24, 2.45) is 0 Å². The van der Waals surface area contributed by atoms with Crippen LogP contribution < -0.4 is 0 Å². The Hall–Kier alpha value is -0.460. The van der Waals surface area contributed by atoms with Gasteiger partial charge in [0.1, 0.15) is 11.1 Å². The van der Waals surface area contributed by atoms with Crippen molar-refractivity contribution in [2.45, 2.75) is 26.4 Å². The monoisotopic (exact) mass is 359 g/mol. The van der Waals surface area contributed by atoms with Gasteiger partial charge < -0.3 is 5.11 Å². The van der Waals surface area contributed by atoms with Crippen molar-refractivity contribution < 1.29 is 5.11 Å². The predicted molar refractivity (Wildman–Crippen MR) is 79.4 cm³/mol. The molecule has 17 heavy (non-hydrogen) atoms. The molecule has 0 aliphatic carbocycles. The third-order valence-corrected chi connectivity index (χ3v) is 4.65. The highest BCUT2D eigenvalue weighted by atomic mass is 127. The van der Waals surface area contributed by atoms with Crippen molar-refractivity contribution in [3.05, 3.63) is 49.0 Å². The molecule has 1 atom stereocenters. The molecule has 1 aromatic carbocycles. The van der Waals surface area contributed by atoms with E-state index in [2.05, 4.69) is 53.6 Å². The molecule has 0 aliphatic heterocycles. The summed E-state index contributed by atoms with van der Waals surface area (Å²) in [6.07, 6.45) is 1.94. The van der Waals surface area contributed by atoms with Crippen molar-refractivity contribution in [1.29, 1.82) is 0 Å². The van der Waals surface area contributed by atoms with Crippen molar-refractivity contribution in [2.75, 3.05) is 0 Å². The molecular formula is C13H14INOS. The van der Waals surface area contributed by atoms with Gasteiger partial charge in [-0.05, 0) is 53.1 Å². The molecular weight excluding hydrogens is 345 g/mol. The van der Waals surface area contributed by atoms with E-state index in [-0.39, 0.29) is 0 Å². The van der Waals surface area contributed by atoms with Crippen LogP contribution in [0.25, 0.3) is 0 Å². The Labute approximate surface area is 119 Å². The normalized spacial score (nSPS) is 12.7. The van der Waals surface area contributed by atoms with Gasteiger partial charge in [-0.15, -0.1) is 11.3 Å². The van der Waals surface area contributed by atoms with Crippen LogP contribution in [0.5, 0.6) is 0 Å². The second kappa shape index (κ2) is 5.46. The maximum atomic E-state index is 10.2. The summed E-state index contributed by atoms with van der Waals surface area (Å²) >= 11 is 3.78. The summed E-state index contributed by atoms with van der Waals surface area (Å²) in [4.78, 5) is 4.23. The fraction of sp³-hybridized carbons (Fsp3) is 0.308. The lowest BCUT2D eigenvalue weighted by Crippen LogP contribution is -2.04. The Morgan fingerprint density at radius 2 is 2.00 bits per heavy atom. The number of benzene rings is 1. The molecule has 90 valence electrons. The lowest BCUT2D eigenvalue weighted by molar-refractivity contribution is 0.177. The molecule has 1 heterocycles. The second-order valence-electron chi connectivity index (χ2n) is 4.09. The maximum Gasteiger partial charge on any atom is 0.123 e. The van der Waals surface area contributed by atoms with E-state index in [4.69, 9.17) is 0 Å². The van der Waals surface area contributed by atoms with Gasteiger partial charge in [-0.2, -0.15) is 0 Å². The predicted octanol–water partition coefficient (Wildman–Crippen LogP) is 3.64. The number of aliphatic hydroxyl groups is 1. The van der Waals surface area contributed by atoms with Gasteiger partial charge in [-0.1, -0.05) is 18.2 Å². The molecule has 1 unspecified atom stereocenters. The van der Waals surface area contributed by atoms with Crippen molar-refractivity contribution in [3.63, 3.8) is 0 Å². The van der Waals surface area contributed by atoms with Gasteiger partial charge in [0.15, 0.2) is 0 Å². The number of aromatic nitrogens is 1. The summed E-state index contributed by atoms with van der Waals surface area (Å²) in [5, 5.41) is 11.0. The second-order valence-corrected chi connectivity index (χ2v) is 7.05.